The lowest BCUT2D eigenvalue weighted by atomic mass is 9.91. The summed E-state index contributed by atoms with van der Waals surface area (Å²) in [7, 11) is 0. The molecule has 7 nitrogen and oxygen atoms in total. The molecule has 0 bridgehead atoms. The Labute approximate surface area is 201 Å². The molecule has 182 valence electrons. The van der Waals surface area contributed by atoms with Crippen LogP contribution in [0.3, 0.4) is 0 Å². The van der Waals surface area contributed by atoms with Crippen molar-refractivity contribution in [1.82, 2.24) is 10.2 Å². The van der Waals surface area contributed by atoms with E-state index in [0.717, 1.165) is 11.1 Å². The second kappa shape index (κ2) is 13.2. The molecule has 0 saturated heterocycles. The molecule has 7 heteroatoms. The summed E-state index contributed by atoms with van der Waals surface area (Å²) in [5.41, 5.74) is 1.45. The zero-order valence-electron chi connectivity index (χ0n) is 20.2. The van der Waals surface area contributed by atoms with E-state index in [-0.39, 0.29) is 37.8 Å². The van der Waals surface area contributed by atoms with Crippen LogP contribution < -0.4 is 5.32 Å². The quantitative estimate of drug-likeness (QED) is 0.475. The molecule has 0 aliphatic heterocycles. The molecule has 0 aliphatic carbocycles. The van der Waals surface area contributed by atoms with Gasteiger partial charge in [0.1, 0.15) is 12.2 Å². The first-order valence-electron chi connectivity index (χ1n) is 11.3. The van der Waals surface area contributed by atoms with Gasteiger partial charge in [0.15, 0.2) is 5.78 Å². The van der Waals surface area contributed by atoms with Crippen LogP contribution in [0.1, 0.15) is 44.2 Å². The van der Waals surface area contributed by atoms with Gasteiger partial charge in [-0.2, -0.15) is 0 Å². The molecule has 0 atom stereocenters. The van der Waals surface area contributed by atoms with E-state index in [4.69, 9.17) is 9.47 Å². The van der Waals surface area contributed by atoms with Gasteiger partial charge in [0.05, 0.1) is 6.54 Å². The predicted octanol–water partition coefficient (Wildman–Crippen LogP) is 4.93. The Morgan fingerprint density at radius 3 is 2.06 bits per heavy atom. The maximum absolute atomic E-state index is 12.8. The lowest BCUT2D eigenvalue weighted by Gasteiger charge is -2.27. The summed E-state index contributed by atoms with van der Waals surface area (Å²) in [5.74, 6) is -0.322. The fourth-order valence-electron chi connectivity index (χ4n) is 3.31. The van der Waals surface area contributed by atoms with Gasteiger partial charge in [0.2, 0.25) is 0 Å². The van der Waals surface area contributed by atoms with E-state index in [1.165, 1.54) is 11.0 Å². The van der Waals surface area contributed by atoms with E-state index in [9.17, 15) is 14.4 Å². The highest BCUT2D eigenvalue weighted by molar-refractivity contribution is 5.84. The van der Waals surface area contributed by atoms with Gasteiger partial charge in [-0.25, -0.2) is 9.59 Å². The zero-order chi connectivity index (χ0) is 25.0. The number of carbonyl (C=O) groups excluding carboxylic acids is 3. The maximum atomic E-state index is 12.8. The van der Waals surface area contributed by atoms with Gasteiger partial charge in [-0.05, 0) is 31.9 Å². The van der Waals surface area contributed by atoms with Crippen molar-refractivity contribution in [2.75, 3.05) is 26.2 Å². The largest absolute Gasteiger partial charge is 0.445 e. The lowest BCUT2D eigenvalue weighted by molar-refractivity contribution is -0.118. The molecule has 0 spiro atoms. The average molecular weight is 467 g/mol. The minimum atomic E-state index is -0.656. The molecular formula is C27H34N2O5. The number of hydrogen-bond donors (Lipinski definition) is 1. The van der Waals surface area contributed by atoms with Crippen molar-refractivity contribution in [3.63, 3.8) is 0 Å². The Balaban J connectivity index is 2.10. The van der Waals surface area contributed by atoms with Gasteiger partial charge < -0.3 is 19.7 Å². The van der Waals surface area contributed by atoms with Crippen LogP contribution in [-0.4, -0.2) is 54.7 Å². The molecule has 0 saturated carbocycles. The number of ketones is 1. The van der Waals surface area contributed by atoms with Crippen LogP contribution in [0.25, 0.3) is 0 Å². The van der Waals surface area contributed by atoms with Crippen LogP contribution in [0.4, 0.5) is 9.59 Å². The minimum absolute atomic E-state index is 0.0648. The lowest BCUT2D eigenvalue weighted by Crippen LogP contribution is -2.39. The summed E-state index contributed by atoms with van der Waals surface area (Å²) >= 11 is 0. The second-order valence-electron chi connectivity index (χ2n) is 8.83. The van der Waals surface area contributed by atoms with Gasteiger partial charge in [-0.15, -0.1) is 0 Å². The molecule has 2 amide bonds. The molecule has 0 aromatic heterocycles. The highest BCUT2D eigenvalue weighted by Gasteiger charge is 2.24. The van der Waals surface area contributed by atoms with E-state index >= 15 is 0 Å². The van der Waals surface area contributed by atoms with Crippen molar-refractivity contribution in [3.05, 3.63) is 84.4 Å². The number of carbonyl (C=O) groups is 3. The number of nitrogens with one attached hydrogen (secondary N) is 1. The van der Waals surface area contributed by atoms with E-state index in [2.05, 4.69) is 11.9 Å². The van der Waals surface area contributed by atoms with E-state index in [0.29, 0.717) is 6.54 Å². The first kappa shape index (κ1) is 26.6. The average Bonchev–Trinajstić information content (AvgIpc) is 2.81. The van der Waals surface area contributed by atoms with Crippen LogP contribution in [0.5, 0.6) is 0 Å². The van der Waals surface area contributed by atoms with Gasteiger partial charge in [0.25, 0.3) is 0 Å². The molecule has 0 fully saturated rings. The van der Waals surface area contributed by atoms with Crippen molar-refractivity contribution in [3.8, 4) is 0 Å². The van der Waals surface area contributed by atoms with Crippen molar-refractivity contribution in [2.24, 2.45) is 0 Å². The molecular weight excluding hydrogens is 432 g/mol. The normalized spacial score (nSPS) is 10.9. The highest BCUT2D eigenvalue weighted by Crippen LogP contribution is 2.26. The third-order valence-electron chi connectivity index (χ3n) is 4.88. The van der Waals surface area contributed by atoms with Crippen LogP contribution in [-0.2, 0) is 14.3 Å². The van der Waals surface area contributed by atoms with E-state index in [1.807, 2.05) is 60.7 Å². The van der Waals surface area contributed by atoms with Gasteiger partial charge in [-0.1, -0.05) is 73.3 Å². The van der Waals surface area contributed by atoms with Crippen LogP contribution in [0.2, 0.25) is 0 Å². The molecule has 0 aliphatic rings. The van der Waals surface area contributed by atoms with Crippen LogP contribution >= 0.6 is 0 Å². The van der Waals surface area contributed by atoms with Crippen LogP contribution in [0, 0.1) is 0 Å². The van der Waals surface area contributed by atoms with Gasteiger partial charge in [0, 0.05) is 25.4 Å². The first-order valence-corrected chi connectivity index (χ1v) is 11.3. The number of benzene rings is 2. The molecule has 0 unspecified atom stereocenters. The fraction of sp³-hybridized carbons (Fsp3) is 0.370. The Morgan fingerprint density at radius 1 is 1.00 bits per heavy atom. The Hall–Kier alpha value is -3.61. The monoisotopic (exact) mass is 466 g/mol. The SMILES string of the molecule is C=CCOC(=O)N(CCC(=O)CNC(=O)OC(C)(C)C)CC(c1ccccc1)c1ccccc1. The molecule has 2 aromatic rings. The number of rotatable bonds is 11. The van der Waals surface area contributed by atoms with Crippen molar-refractivity contribution in [2.45, 2.75) is 38.7 Å². The minimum Gasteiger partial charge on any atom is -0.445 e. The zero-order valence-corrected chi connectivity index (χ0v) is 20.2. The molecule has 0 radical (unpaired) electrons. The van der Waals surface area contributed by atoms with Gasteiger partial charge in [-0.3, -0.25) is 4.79 Å². The Kier molecular flexibility index (Phi) is 10.3. The Morgan fingerprint density at radius 2 is 1.56 bits per heavy atom. The molecule has 34 heavy (non-hydrogen) atoms. The number of alkyl carbamates (subject to hydrolysis) is 1. The molecule has 0 heterocycles. The van der Waals surface area contributed by atoms with E-state index in [1.54, 1.807) is 20.8 Å². The third-order valence-corrected chi connectivity index (χ3v) is 4.88. The summed E-state index contributed by atoms with van der Waals surface area (Å²) in [6, 6.07) is 19.8. The number of amides is 2. The summed E-state index contributed by atoms with van der Waals surface area (Å²) in [6.07, 6.45) is 0.383. The molecule has 1 N–H and O–H groups in total. The highest BCUT2D eigenvalue weighted by atomic mass is 16.6. The van der Waals surface area contributed by atoms with Crippen LogP contribution in [0.15, 0.2) is 73.3 Å². The topological polar surface area (TPSA) is 84.9 Å². The molecule has 2 rings (SSSR count). The maximum Gasteiger partial charge on any atom is 0.410 e. The molecule has 2 aromatic carbocycles. The summed E-state index contributed by atoms with van der Waals surface area (Å²) in [6.45, 7) is 9.21. The van der Waals surface area contributed by atoms with E-state index < -0.39 is 17.8 Å². The van der Waals surface area contributed by atoms with Crippen molar-refractivity contribution < 1.29 is 23.9 Å². The van der Waals surface area contributed by atoms with Gasteiger partial charge >= 0.3 is 12.2 Å². The van der Waals surface area contributed by atoms with Crippen molar-refractivity contribution in [1.29, 1.82) is 0 Å². The summed E-state index contributed by atoms with van der Waals surface area (Å²) < 4.78 is 10.4. The number of hydrogen-bond acceptors (Lipinski definition) is 5. The fourth-order valence-corrected chi connectivity index (χ4v) is 3.31. The standard InChI is InChI=1S/C27H34N2O5/c1-5-18-33-26(32)29(17-16-23(30)19-28-25(31)34-27(2,3)4)20-24(21-12-8-6-9-13-21)22-14-10-7-11-15-22/h5-15,24H,1,16-20H2,2-4H3,(H,28,31). The Bertz CT molecular complexity index is 899. The second-order valence-corrected chi connectivity index (χ2v) is 8.83. The number of ether oxygens (including phenoxy) is 2. The summed E-state index contributed by atoms with van der Waals surface area (Å²) in [4.78, 5) is 38.5. The van der Waals surface area contributed by atoms with Crippen molar-refractivity contribution >= 4 is 18.0 Å². The smallest absolute Gasteiger partial charge is 0.410 e. The number of nitrogens with zero attached hydrogens (tertiary/aromatic N) is 1. The third kappa shape index (κ3) is 9.48. The summed E-state index contributed by atoms with van der Waals surface area (Å²) in [5, 5.41) is 2.46. The first-order chi connectivity index (χ1) is 16.2. The predicted molar refractivity (Wildman–Crippen MR) is 132 cm³/mol. The number of Topliss-reactive ketones (excluding diaryl/α,β-unsaturated/α-hetero) is 1.